The lowest BCUT2D eigenvalue weighted by atomic mass is 10.1. The molecule has 0 saturated heterocycles. The van der Waals surface area contributed by atoms with Gasteiger partial charge in [-0.25, -0.2) is 0 Å². The van der Waals surface area contributed by atoms with Crippen LogP contribution in [-0.4, -0.2) is 24.0 Å². The molecule has 0 bridgehead atoms. The monoisotopic (exact) mass is 286 g/mol. The number of pyridine rings is 1. The topological polar surface area (TPSA) is 80.0 Å². The lowest BCUT2D eigenvalue weighted by molar-refractivity contribution is -0.119. The van der Waals surface area contributed by atoms with Crippen LogP contribution in [0.3, 0.4) is 0 Å². The van der Waals surface area contributed by atoms with E-state index in [1.807, 2.05) is 25.1 Å². The normalized spacial score (nSPS) is 10.9. The Morgan fingerprint density at radius 3 is 2.81 bits per heavy atom. The van der Waals surface area contributed by atoms with Crippen molar-refractivity contribution < 1.29 is 4.79 Å². The lowest BCUT2D eigenvalue weighted by Gasteiger charge is -2.12. The number of nitrogen functional groups attached to an aromatic ring is 1. The number of hydrogen-bond acceptors (Lipinski definition) is 4. The molecular formula is C16H22N4O. The Labute approximate surface area is 124 Å². The quantitative estimate of drug-likeness (QED) is 0.737. The van der Waals surface area contributed by atoms with Crippen LogP contribution in [0.5, 0.6) is 0 Å². The molecule has 1 heterocycles. The molecule has 0 aliphatic rings. The van der Waals surface area contributed by atoms with Gasteiger partial charge in [-0.1, -0.05) is 13.8 Å². The van der Waals surface area contributed by atoms with Crippen molar-refractivity contribution >= 4 is 28.1 Å². The number of anilines is 2. The highest BCUT2D eigenvalue weighted by atomic mass is 16.1. The summed E-state index contributed by atoms with van der Waals surface area (Å²) in [6, 6.07) is 5.70. The molecule has 0 fully saturated rings. The maximum atomic E-state index is 11.8. The fraction of sp³-hybridized carbons (Fsp3) is 0.375. The number of carbonyl (C=O) groups is 1. The number of rotatable bonds is 5. The average Bonchev–Trinajstić information content (AvgIpc) is 2.44. The summed E-state index contributed by atoms with van der Waals surface area (Å²) < 4.78 is 0. The van der Waals surface area contributed by atoms with Gasteiger partial charge in [0, 0.05) is 40.6 Å². The minimum absolute atomic E-state index is 0.0144. The summed E-state index contributed by atoms with van der Waals surface area (Å²) in [5.74, 6) is 0.430. The van der Waals surface area contributed by atoms with E-state index in [-0.39, 0.29) is 12.5 Å². The third-order valence-corrected chi connectivity index (χ3v) is 3.22. The molecule has 0 aliphatic heterocycles. The molecule has 5 nitrogen and oxygen atoms in total. The minimum atomic E-state index is -0.0144. The number of nitrogens with zero attached hydrogens (tertiary/aromatic N) is 1. The van der Waals surface area contributed by atoms with Gasteiger partial charge in [-0.05, 0) is 31.0 Å². The van der Waals surface area contributed by atoms with E-state index in [0.717, 1.165) is 22.2 Å². The summed E-state index contributed by atoms with van der Waals surface area (Å²) in [6.07, 6.45) is 1.77. The second-order valence-electron chi connectivity index (χ2n) is 5.63. The molecule has 1 amide bonds. The number of aromatic nitrogens is 1. The second kappa shape index (κ2) is 6.43. The first-order valence-electron chi connectivity index (χ1n) is 7.12. The van der Waals surface area contributed by atoms with Gasteiger partial charge >= 0.3 is 0 Å². The van der Waals surface area contributed by atoms with Gasteiger partial charge in [-0.3, -0.25) is 9.78 Å². The molecule has 2 aromatic rings. The Hall–Kier alpha value is -2.30. The third kappa shape index (κ3) is 3.84. The molecule has 0 radical (unpaired) electrons. The van der Waals surface area contributed by atoms with Crippen molar-refractivity contribution in [2.45, 2.75) is 20.8 Å². The zero-order valence-electron chi connectivity index (χ0n) is 12.7. The molecule has 5 heteroatoms. The van der Waals surface area contributed by atoms with Gasteiger partial charge in [-0.2, -0.15) is 0 Å². The van der Waals surface area contributed by atoms with Crippen molar-refractivity contribution in [1.29, 1.82) is 0 Å². The summed E-state index contributed by atoms with van der Waals surface area (Å²) in [5.41, 5.74) is 8.46. The van der Waals surface area contributed by atoms with Gasteiger partial charge in [0.1, 0.15) is 0 Å². The lowest BCUT2D eigenvalue weighted by Crippen LogP contribution is -2.32. The van der Waals surface area contributed by atoms with Crippen LogP contribution >= 0.6 is 0 Å². The van der Waals surface area contributed by atoms with Crippen LogP contribution in [0.2, 0.25) is 0 Å². The van der Waals surface area contributed by atoms with Crippen molar-refractivity contribution in [2.75, 3.05) is 24.1 Å². The molecular weight excluding hydrogens is 264 g/mol. The Morgan fingerprint density at radius 1 is 1.33 bits per heavy atom. The number of nitrogens with one attached hydrogen (secondary N) is 2. The fourth-order valence-corrected chi connectivity index (χ4v) is 2.08. The highest BCUT2D eigenvalue weighted by Gasteiger charge is 2.07. The first kappa shape index (κ1) is 15.1. The van der Waals surface area contributed by atoms with E-state index < -0.39 is 0 Å². The van der Waals surface area contributed by atoms with Crippen molar-refractivity contribution in [3.05, 3.63) is 30.1 Å². The predicted molar refractivity (Wildman–Crippen MR) is 87.2 cm³/mol. The number of fused-ring (bicyclic) bond motifs is 1. The van der Waals surface area contributed by atoms with Crippen LogP contribution in [0.25, 0.3) is 10.8 Å². The molecule has 0 saturated carbocycles. The first-order chi connectivity index (χ1) is 9.97. The summed E-state index contributed by atoms with van der Waals surface area (Å²) in [4.78, 5) is 16.0. The summed E-state index contributed by atoms with van der Waals surface area (Å²) in [5, 5.41) is 7.94. The Morgan fingerprint density at radius 2 is 2.10 bits per heavy atom. The highest BCUT2D eigenvalue weighted by molar-refractivity contribution is 6.01. The van der Waals surface area contributed by atoms with E-state index in [1.54, 1.807) is 6.20 Å². The van der Waals surface area contributed by atoms with E-state index in [0.29, 0.717) is 18.2 Å². The maximum absolute atomic E-state index is 11.8. The van der Waals surface area contributed by atoms with E-state index in [2.05, 4.69) is 29.5 Å². The average molecular weight is 286 g/mol. The van der Waals surface area contributed by atoms with E-state index in [4.69, 9.17) is 5.73 Å². The van der Waals surface area contributed by atoms with E-state index in [1.165, 1.54) is 0 Å². The van der Waals surface area contributed by atoms with E-state index >= 15 is 0 Å². The van der Waals surface area contributed by atoms with Crippen LogP contribution in [0.15, 0.2) is 24.4 Å². The molecule has 0 unspecified atom stereocenters. The number of aryl methyl sites for hydroxylation is 1. The summed E-state index contributed by atoms with van der Waals surface area (Å²) in [6.45, 7) is 6.99. The largest absolute Gasteiger partial charge is 0.398 e. The summed E-state index contributed by atoms with van der Waals surface area (Å²) >= 11 is 0. The maximum Gasteiger partial charge on any atom is 0.239 e. The van der Waals surface area contributed by atoms with Crippen LogP contribution in [-0.2, 0) is 4.79 Å². The summed E-state index contributed by atoms with van der Waals surface area (Å²) in [7, 11) is 0. The number of carbonyl (C=O) groups excluding carboxylic acids is 1. The SMILES string of the molecule is Cc1cc2c(NCC(=O)NCC(C)C)ccc(N)c2cn1. The third-order valence-electron chi connectivity index (χ3n) is 3.22. The molecule has 112 valence electrons. The predicted octanol–water partition coefficient (Wildman–Crippen LogP) is 2.31. The molecule has 2 rings (SSSR count). The van der Waals surface area contributed by atoms with Crippen LogP contribution < -0.4 is 16.4 Å². The molecule has 1 aromatic heterocycles. The fourth-order valence-electron chi connectivity index (χ4n) is 2.08. The van der Waals surface area contributed by atoms with E-state index in [9.17, 15) is 4.79 Å². The van der Waals surface area contributed by atoms with Crippen molar-refractivity contribution in [1.82, 2.24) is 10.3 Å². The first-order valence-corrected chi connectivity index (χ1v) is 7.12. The van der Waals surface area contributed by atoms with Gasteiger partial charge in [0.25, 0.3) is 0 Å². The Balaban J connectivity index is 2.14. The molecule has 0 spiro atoms. The van der Waals surface area contributed by atoms with Gasteiger partial charge in [0.05, 0.1) is 6.54 Å². The number of nitrogens with two attached hydrogens (primary N) is 1. The van der Waals surface area contributed by atoms with Crippen LogP contribution in [0.1, 0.15) is 19.5 Å². The molecule has 21 heavy (non-hydrogen) atoms. The molecule has 4 N–H and O–H groups in total. The number of amides is 1. The smallest absolute Gasteiger partial charge is 0.239 e. The Bertz CT molecular complexity index is 652. The standard InChI is InChI=1S/C16H22N4O/c1-10(2)7-20-16(21)9-19-15-5-4-14(17)13-8-18-11(3)6-12(13)15/h4-6,8,10,19H,7,9,17H2,1-3H3,(H,20,21). The minimum Gasteiger partial charge on any atom is -0.398 e. The number of hydrogen-bond donors (Lipinski definition) is 3. The zero-order valence-corrected chi connectivity index (χ0v) is 12.7. The van der Waals surface area contributed by atoms with Gasteiger partial charge in [0.15, 0.2) is 0 Å². The molecule has 1 aromatic carbocycles. The van der Waals surface area contributed by atoms with Crippen LogP contribution in [0.4, 0.5) is 11.4 Å². The van der Waals surface area contributed by atoms with Crippen LogP contribution in [0, 0.1) is 12.8 Å². The van der Waals surface area contributed by atoms with Crippen molar-refractivity contribution in [3.63, 3.8) is 0 Å². The van der Waals surface area contributed by atoms with Crippen molar-refractivity contribution in [3.8, 4) is 0 Å². The molecule has 0 atom stereocenters. The molecule has 0 aliphatic carbocycles. The second-order valence-corrected chi connectivity index (χ2v) is 5.63. The Kier molecular flexibility index (Phi) is 4.62. The van der Waals surface area contributed by atoms with Crippen molar-refractivity contribution in [2.24, 2.45) is 5.92 Å². The number of benzene rings is 1. The van der Waals surface area contributed by atoms with Gasteiger partial charge in [0.2, 0.25) is 5.91 Å². The zero-order chi connectivity index (χ0) is 15.4. The highest BCUT2D eigenvalue weighted by Crippen LogP contribution is 2.28. The van der Waals surface area contributed by atoms with Gasteiger partial charge in [-0.15, -0.1) is 0 Å². The van der Waals surface area contributed by atoms with Gasteiger partial charge < -0.3 is 16.4 Å².